The van der Waals surface area contributed by atoms with Gasteiger partial charge in [-0.25, -0.2) is 9.59 Å². The molecule has 8 heteroatoms. The summed E-state index contributed by atoms with van der Waals surface area (Å²) in [6.07, 6.45) is 3.26. The third kappa shape index (κ3) is 3.40. The van der Waals surface area contributed by atoms with E-state index in [0.29, 0.717) is 23.7 Å². The Balaban J connectivity index is 1.78. The second-order valence-electron chi connectivity index (χ2n) is 6.67. The molecule has 0 radical (unpaired) electrons. The minimum atomic E-state index is -1.21. The van der Waals surface area contributed by atoms with Crippen molar-refractivity contribution >= 4 is 22.8 Å². The molecule has 26 heavy (non-hydrogen) atoms. The molecule has 2 aromatic rings. The highest BCUT2D eigenvalue weighted by Gasteiger charge is 2.40. The number of H-pyrrole nitrogens is 1. The highest BCUT2D eigenvalue weighted by molar-refractivity contribution is 5.87. The number of nitrogens with zero attached hydrogens (tertiary/aromatic N) is 1. The maximum Gasteiger partial charge on any atom is 0.329 e. The SMILES string of the molecule is O=C(CCn1c(=O)[nH]c(=O)c2ccccc21)NC1(C(=O)O)CCCCC1. The van der Waals surface area contributed by atoms with Crippen molar-refractivity contribution in [2.24, 2.45) is 0 Å². The van der Waals surface area contributed by atoms with Crippen molar-refractivity contribution in [3.63, 3.8) is 0 Å². The smallest absolute Gasteiger partial charge is 0.329 e. The van der Waals surface area contributed by atoms with E-state index in [4.69, 9.17) is 0 Å². The lowest BCUT2D eigenvalue weighted by molar-refractivity contribution is -0.149. The third-order valence-electron chi connectivity index (χ3n) is 4.96. The topological polar surface area (TPSA) is 121 Å². The quantitative estimate of drug-likeness (QED) is 0.735. The maximum absolute atomic E-state index is 12.3. The van der Waals surface area contributed by atoms with Crippen LogP contribution >= 0.6 is 0 Å². The van der Waals surface area contributed by atoms with Crippen molar-refractivity contribution in [2.45, 2.75) is 50.6 Å². The lowest BCUT2D eigenvalue weighted by Gasteiger charge is -2.34. The summed E-state index contributed by atoms with van der Waals surface area (Å²) in [5.74, 6) is -1.44. The number of carboxylic acid groups (broad SMARTS) is 1. The Morgan fingerprint density at radius 2 is 1.85 bits per heavy atom. The van der Waals surface area contributed by atoms with E-state index in [9.17, 15) is 24.3 Å². The van der Waals surface area contributed by atoms with Gasteiger partial charge in [0.2, 0.25) is 5.91 Å². The highest BCUT2D eigenvalue weighted by atomic mass is 16.4. The Hall–Kier alpha value is -2.90. The van der Waals surface area contributed by atoms with Crippen LogP contribution in [-0.2, 0) is 16.1 Å². The summed E-state index contributed by atoms with van der Waals surface area (Å²) in [6.45, 7) is 0.0532. The Morgan fingerprint density at radius 1 is 1.15 bits per heavy atom. The number of aliphatic carboxylic acids is 1. The van der Waals surface area contributed by atoms with Gasteiger partial charge in [0.15, 0.2) is 0 Å². The fourth-order valence-corrected chi connectivity index (χ4v) is 3.55. The molecule has 1 fully saturated rings. The first kappa shape index (κ1) is 17.9. The molecular formula is C18H21N3O5. The van der Waals surface area contributed by atoms with Gasteiger partial charge in [-0.1, -0.05) is 31.4 Å². The molecule has 1 amide bonds. The Kier molecular flexibility index (Phi) is 4.92. The number of nitrogens with one attached hydrogen (secondary N) is 2. The van der Waals surface area contributed by atoms with Gasteiger partial charge in [0.1, 0.15) is 5.54 Å². The summed E-state index contributed by atoms with van der Waals surface area (Å²) in [7, 11) is 0. The molecular weight excluding hydrogens is 338 g/mol. The van der Waals surface area contributed by atoms with Crippen LogP contribution in [0.5, 0.6) is 0 Å². The minimum Gasteiger partial charge on any atom is -0.480 e. The zero-order valence-corrected chi connectivity index (χ0v) is 14.3. The number of aromatic nitrogens is 2. The molecule has 0 unspecified atom stereocenters. The molecule has 1 saturated carbocycles. The fourth-order valence-electron chi connectivity index (χ4n) is 3.55. The molecule has 0 spiro atoms. The number of carbonyl (C=O) groups excluding carboxylic acids is 1. The van der Waals surface area contributed by atoms with E-state index in [1.165, 1.54) is 4.57 Å². The van der Waals surface area contributed by atoms with Crippen LogP contribution in [0.4, 0.5) is 0 Å². The summed E-state index contributed by atoms with van der Waals surface area (Å²) in [5.41, 5.74) is -1.84. The zero-order chi connectivity index (χ0) is 18.7. The van der Waals surface area contributed by atoms with Crippen LogP contribution in [0.25, 0.3) is 10.9 Å². The summed E-state index contributed by atoms with van der Waals surface area (Å²) in [5, 5.41) is 12.5. The predicted molar refractivity (Wildman–Crippen MR) is 95.0 cm³/mol. The molecule has 138 valence electrons. The van der Waals surface area contributed by atoms with Crippen molar-refractivity contribution in [1.82, 2.24) is 14.9 Å². The number of hydrogen-bond acceptors (Lipinski definition) is 4. The average Bonchev–Trinajstić information content (AvgIpc) is 2.62. The summed E-state index contributed by atoms with van der Waals surface area (Å²) in [6, 6.07) is 6.65. The maximum atomic E-state index is 12.3. The van der Waals surface area contributed by atoms with Crippen LogP contribution in [0, 0.1) is 0 Å². The van der Waals surface area contributed by atoms with Crippen molar-refractivity contribution in [1.29, 1.82) is 0 Å². The van der Waals surface area contributed by atoms with Gasteiger partial charge in [-0.05, 0) is 25.0 Å². The van der Waals surface area contributed by atoms with Gasteiger partial charge in [-0.15, -0.1) is 0 Å². The van der Waals surface area contributed by atoms with E-state index in [-0.39, 0.29) is 13.0 Å². The van der Waals surface area contributed by atoms with Crippen molar-refractivity contribution in [2.75, 3.05) is 0 Å². The van der Waals surface area contributed by atoms with Gasteiger partial charge in [-0.2, -0.15) is 0 Å². The molecule has 3 rings (SSSR count). The number of amides is 1. The fraction of sp³-hybridized carbons (Fsp3) is 0.444. The number of aryl methyl sites for hydroxylation is 1. The van der Waals surface area contributed by atoms with Crippen molar-refractivity contribution in [3.8, 4) is 0 Å². The molecule has 0 atom stereocenters. The standard InChI is InChI=1S/C18H21N3O5/c22-14(20-18(16(24)25)9-4-1-5-10-18)8-11-21-13-7-3-2-6-12(13)15(23)19-17(21)26/h2-3,6-7H,1,4-5,8-11H2,(H,20,22)(H,24,25)(H,19,23,26). The monoisotopic (exact) mass is 359 g/mol. The molecule has 0 saturated heterocycles. The molecule has 1 aromatic carbocycles. The van der Waals surface area contributed by atoms with Gasteiger partial charge in [0.05, 0.1) is 10.9 Å². The van der Waals surface area contributed by atoms with E-state index in [1.54, 1.807) is 24.3 Å². The number of benzene rings is 1. The number of para-hydroxylation sites is 1. The largest absolute Gasteiger partial charge is 0.480 e. The average molecular weight is 359 g/mol. The molecule has 3 N–H and O–H groups in total. The van der Waals surface area contributed by atoms with E-state index in [2.05, 4.69) is 10.3 Å². The molecule has 0 aliphatic heterocycles. The number of rotatable bonds is 5. The predicted octanol–water partition coefficient (Wildman–Crippen LogP) is 0.984. The molecule has 1 aliphatic carbocycles. The van der Waals surface area contributed by atoms with Crippen LogP contribution < -0.4 is 16.6 Å². The van der Waals surface area contributed by atoms with Crippen LogP contribution in [0.2, 0.25) is 0 Å². The van der Waals surface area contributed by atoms with E-state index >= 15 is 0 Å². The summed E-state index contributed by atoms with van der Waals surface area (Å²) in [4.78, 5) is 50.2. The van der Waals surface area contributed by atoms with Crippen LogP contribution in [-0.4, -0.2) is 32.1 Å². The minimum absolute atomic E-state index is 0.0506. The Morgan fingerprint density at radius 3 is 2.54 bits per heavy atom. The van der Waals surface area contributed by atoms with Crippen LogP contribution in [0.1, 0.15) is 38.5 Å². The first-order valence-corrected chi connectivity index (χ1v) is 8.69. The normalized spacial score (nSPS) is 16.3. The molecule has 1 aromatic heterocycles. The number of carboxylic acids is 1. The number of aromatic amines is 1. The first-order valence-electron chi connectivity index (χ1n) is 8.69. The lowest BCUT2D eigenvalue weighted by Crippen LogP contribution is -2.55. The summed E-state index contributed by atoms with van der Waals surface area (Å²) < 4.78 is 1.32. The molecule has 0 bridgehead atoms. The van der Waals surface area contributed by atoms with Crippen molar-refractivity contribution in [3.05, 3.63) is 45.1 Å². The van der Waals surface area contributed by atoms with Gasteiger partial charge < -0.3 is 10.4 Å². The second-order valence-corrected chi connectivity index (χ2v) is 6.67. The first-order chi connectivity index (χ1) is 12.4. The summed E-state index contributed by atoms with van der Waals surface area (Å²) >= 11 is 0. The number of hydrogen-bond donors (Lipinski definition) is 3. The zero-order valence-electron chi connectivity index (χ0n) is 14.3. The highest BCUT2D eigenvalue weighted by Crippen LogP contribution is 2.28. The second kappa shape index (κ2) is 7.15. The van der Waals surface area contributed by atoms with Crippen molar-refractivity contribution < 1.29 is 14.7 Å². The van der Waals surface area contributed by atoms with Gasteiger partial charge in [0.25, 0.3) is 5.56 Å². The Labute approximate surface area is 148 Å². The Bertz CT molecular complexity index is 953. The van der Waals surface area contributed by atoms with Crippen LogP contribution in [0.15, 0.2) is 33.9 Å². The molecule has 1 aliphatic rings. The van der Waals surface area contributed by atoms with Gasteiger partial charge in [-0.3, -0.25) is 19.1 Å². The lowest BCUT2D eigenvalue weighted by atomic mass is 9.81. The van der Waals surface area contributed by atoms with E-state index in [1.807, 2.05) is 0 Å². The molecule has 8 nitrogen and oxygen atoms in total. The third-order valence-corrected chi connectivity index (χ3v) is 4.96. The number of fused-ring (bicyclic) bond motifs is 1. The number of carbonyl (C=O) groups is 2. The van der Waals surface area contributed by atoms with E-state index < -0.39 is 28.7 Å². The van der Waals surface area contributed by atoms with E-state index in [0.717, 1.165) is 19.3 Å². The van der Waals surface area contributed by atoms with Crippen LogP contribution in [0.3, 0.4) is 0 Å². The van der Waals surface area contributed by atoms with Gasteiger partial charge in [0, 0.05) is 13.0 Å². The van der Waals surface area contributed by atoms with Gasteiger partial charge >= 0.3 is 11.7 Å². The molecule has 1 heterocycles.